The number of rotatable bonds is 5. The number of nitrogens with two attached hydrogens (primary N) is 1. The average Bonchev–Trinajstić information content (AvgIpc) is 3.07. The average molecular weight is 272 g/mol. The van der Waals surface area contributed by atoms with Gasteiger partial charge in [0.1, 0.15) is 5.75 Å². The molecule has 0 radical (unpaired) electrons. The van der Waals surface area contributed by atoms with Gasteiger partial charge >= 0.3 is 0 Å². The highest BCUT2D eigenvalue weighted by atomic mass is 16.5. The van der Waals surface area contributed by atoms with Crippen molar-refractivity contribution in [3.63, 3.8) is 0 Å². The molecule has 0 saturated heterocycles. The van der Waals surface area contributed by atoms with Gasteiger partial charge in [-0.05, 0) is 48.8 Å². The van der Waals surface area contributed by atoms with Crippen molar-refractivity contribution in [1.29, 1.82) is 0 Å². The number of methoxy groups -OCH3 is 1. The Morgan fingerprint density at radius 3 is 2.85 bits per heavy atom. The van der Waals surface area contributed by atoms with Gasteiger partial charge in [-0.15, -0.1) is 0 Å². The van der Waals surface area contributed by atoms with Crippen LogP contribution in [-0.2, 0) is 0 Å². The molecule has 3 rings (SSSR count). The first kappa shape index (κ1) is 13.0. The SMILES string of the molecule is COc1ccc(C(N)=O)cc1NCC1CC2C=CC1C2. The van der Waals surface area contributed by atoms with Crippen molar-refractivity contribution in [3.05, 3.63) is 35.9 Å². The molecule has 1 saturated carbocycles. The first-order valence-electron chi connectivity index (χ1n) is 7.07. The van der Waals surface area contributed by atoms with Crippen LogP contribution in [0.1, 0.15) is 23.2 Å². The fourth-order valence-corrected chi connectivity index (χ4v) is 3.37. The summed E-state index contributed by atoms with van der Waals surface area (Å²) in [6.07, 6.45) is 7.24. The number of amides is 1. The molecule has 0 heterocycles. The summed E-state index contributed by atoms with van der Waals surface area (Å²) in [5.74, 6) is 2.47. The Balaban J connectivity index is 1.71. The highest BCUT2D eigenvalue weighted by Crippen LogP contribution is 2.43. The van der Waals surface area contributed by atoms with Crippen LogP contribution < -0.4 is 15.8 Å². The number of nitrogens with one attached hydrogen (secondary N) is 1. The quantitative estimate of drug-likeness (QED) is 0.809. The second kappa shape index (κ2) is 5.19. The molecule has 1 aromatic rings. The summed E-state index contributed by atoms with van der Waals surface area (Å²) < 4.78 is 5.33. The molecule has 3 unspecified atom stereocenters. The molecular formula is C16H20N2O2. The Hall–Kier alpha value is -1.97. The molecule has 4 heteroatoms. The van der Waals surface area contributed by atoms with Crippen molar-refractivity contribution in [2.45, 2.75) is 12.8 Å². The van der Waals surface area contributed by atoms with Gasteiger partial charge in [-0.1, -0.05) is 12.2 Å². The number of ether oxygens (including phenoxy) is 1. The maximum absolute atomic E-state index is 11.3. The zero-order valence-electron chi connectivity index (χ0n) is 11.6. The zero-order valence-corrected chi connectivity index (χ0v) is 11.6. The number of fused-ring (bicyclic) bond motifs is 2. The lowest BCUT2D eigenvalue weighted by Crippen LogP contribution is -2.19. The molecule has 4 nitrogen and oxygen atoms in total. The van der Waals surface area contributed by atoms with Crippen LogP contribution in [0.3, 0.4) is 0 Å². The Kier molecular flexibility index (Phi) is 3.38. The minimum absolute atomic E-state index is 0.418. The topological polar surface area (TPSA) is 64.3 Å². The van der Waals surface area contributed by atoms with E-state index < -0.39 is 5.91 Å². The number of carbonyl (C=O) groups excluding carboxylic acids is 1. The predicted octanol–water partition coefficient (Wildman–Crippen LogP) is 2.42. The van der Waals surface area contributed by atoms with Crippen LogP contribution in [0.25, 0.3) is 0 Å². The maximum atomic E-state index is 11.3. The van der Waals surface area contributed by atoms with E-state index in [0.29, 0.717) is 17.4 Å². The largest absolute Gasteiger partial charge is 0.495 e. The van der Waals surface area contributed by atoms with Gasteiger partial charge in [0.25, 0.3) is 0 Å². The molecule has 2 aliphatic carbocycles. The van der Waals surface area contributed by atoms with Gasteiger partial charge in [0.2, 0.25) is 5.91 Å². The highest BCUT2D eigenvalue weighted by molar-refractivity contribution is 5.94. The van der Waals surface area contributed by atoms with Crippen molar-refractivity contribution < 1.29 is 9.53 Å². The Morgan fingerprint density at radius 1 is 1.40 bits per heavy atom. The van der Waals surface area contributed by atoms with Crippen LogP contribution in [0, 0.1) is 17.8 Å². The van der Waals surface area contributed by atoms with Crippen LogP contribution >= 0.6 is 0 Å². The fraction of sp³-hybridized carbons (Fsp3) is 0.438. The number of benzene rings is 1. The third-order valence-electron chi connectivity index (χ3n) is 4.46. The molecule has 1 fully saturated rings. The summed E-state index contributed by atoms with van der Waals surface area (Å²) in [6.45, 7) is 0.907. The van der Waals surface area contributed by atoms with Crippen molar-refractivity contribution in [1.82, 2.24) is 0 Å². The first-order chi connectivity index (χ1) is 9.67. The molecule has 2 bridgehead atoms. The van der Waals surface area contributed by atoms with Crippen molar-refractivity contribution in [2.75, 3.05) is 19.0 Å². The van der Waals surface area contributed by atoms with E-state index in [1.54, 1.807) is 25.3 Å². The van der Waals surface area contributed by atoms with E-state index in [1.165, 1.54) is 12.8 Å². The minimum atomic E-state index is -0.418. The molecule has 1 aromatic carbocycles. The molecule has 2 aliphatic rings. The number of hydrogen-bond acceptors (Lipinski definition) is 3. The van der Waals surface area contributed by atoms with Gasteiger partial charge in [0.15, 0.2) is 0 Å². The van der Waals surface area contributed by atoms with Crippen LogP contribution in [0.5, 0.6) is 5.75 Å². The van der Waals surface area contributed by atoms with Gasteiger partial charge < -0.3 is 15.8 Å². The molecule has 1 amide bonds. The van der Waals surface area contributed by atoms with Crippen LogP contribution in [0.2, 0.25) is 0 Å². The second-order valence-electron chi connectivity index (χ2n) is 5.70. The van der Waals surface area contributed by atoms with Gasteiger partial charge in [0, 0.05) is 12.1 Å². The van der Waals surface area contributed by atoms with Crippen molar-refractivity contribution in [3.8, 4) is 5.75 Å². The van der Waals surface area contributed by atoms with Crippen molar-refractivity contribution in [2.24, 2.45) is 23.5 Å². The van der Waals surface area contributed by atoms with E-state index in [2.05, 4.69) is 17.5 Å². The molecule has 20 heavy (non-hydrogen) atoms. The lowest BCUT2D eigenvalue weighted by atomic mass is 9.93. The molecule has 0 aliphatic heterocycles. The summed E-state index contributed by atoms with van der Waals surface area (Å²) in [4.78, 5) is 11.3. The second-order valence-corrected chi connectivity index (χ2v) is 5.70. The van der Waals surface area contributed by atoms with E-state index in [9.17, 15) is 4.79 Å². The van der Waals surface area contributed by atoms with E-state index >= 15 is 0 Å². The molecule has 3 atom stereocenters. The predicted molar refractivity (Wildman–Crippen MR) is 78.8 cm³/mol. The highest BCUT2D eigenvalue weighted by Gasteiger charge is 2.35. The number of anilines is 1. The number of hydrogen-bond donors (Lipinski definition) is 2. The third-order valence-corrected chi connectivity index (χ3v) is 4.46. The molecule has 0 spiro atoms. The molecule has 0 aromatic heterocycles. The number of primary amides is 1. The van der Waals surface area contributed by atoms with Gasteiger partial charge in [0.05, 0.1) is 12.8 Å². The molecular weight excluding hydrogens is 252 g/mol. The summed E-state index contributed by atoms with van der Waals surface area (Å²) in [5, 5.41) is 3.42. The van der Waals surface area contributed by atoms with Crippen LogP contribution in [0.15, 0.2) is 30.4 Å². The summed E-state index contributed by atoms with van der Waals surface area (Å²) in [6, 6.07) is 5.24. The monoisotopic (exact) mass is 272 g/mol. The zero-order chi connectivity index (χ0) is 14.1. The first-order valence-corrected chi connectivity index (χ1v) is 7.07. The standard InChI is InChI=1S/C16H20N2O2/c1-20-15-5-4-12(16(17)19)8-14(15)18-9-13-7-10-2-3-11(13)6-10/h2-5,8,10-11,13,18H,6-7,9H2,1H3,(H2,17,19). The van der Waals surface area contributed by atoms with Gasteiger partial charge in [-0.25, -0.2) is 0 Å². The molecule has 3 N–H and O–H groups in total. The van der Waals surface area contributed by atoms with Crippen LogP contribution in [-0.4, -0.2) is 19.6 Å². The van der Waals surface area contributed by atoms with E-state index in [4.69, 9.17) is 10.5 Å². The minimum Gasteiger partial charge on any atom is -0.495 e. The van der Waals surface area contributed by atoms with E-state index in [0.717, 1.165) is 23.9 Å². The van der Waals surface area contributed by atoms with E-state index in [1.807, 2.05) is 0 Å². The Labute approximate surface area is 119 Å². The number of allylic oxidation sites excluding steroid dienone is 2. The maximum Gasteiger partial charge on any atom is 0.248 e. The Morgan fingerprint density at radius 2 is 2.25 bits per heavy atom. The fourth-order valence-electron chi connectivity index (χ4n) is 3.37. The lowest BCUT2D eigenvalue weighted by molar-refractivity contribution is 0.100. The summed E-state index contributed by atoms with van der Waals surface area (Å²) >= 11 is 0. The third kappa shape index (κ3) is 2.38. The van der Waals surface area contributed by atoms with Crippen molar-refractivity contribution >= 4 is 11.6 Å². The summed E-state index contributed by atoms with van der Waals surface area (Å²) in [5.41, 5.74) is 6.67. The van der Waals surface area contributed by atoms with Gasteiger partial charge in [-0.2, -0.15) is 0 Å². The van der Waals surface area contributed by atoms with Gasteiger partial charge in [-0.3, -0.25) is 4.79 Å². The van der Waals surface area contributed by atoms with E-state index in [-0.39, 0.29) is 0 Å². The number of carbonyl (C=O) groups is 1. The summed E-state index contributed by atoms with van der Waals surface area (Å²) in [7, 11) is 1.63. The van der Waals surface area contributed by atoms with Crippen LogP contribution in [0.4, 0.5) is 5.69 Å². The molecule has 106 valence electrons. The lowest BCUT2D eigenvalue weighted by Gasteiger charge is -2.20. The Bertz CT molecular complexity index is 553. The normalized spacial score (nSPS) is 26.8. The smallest absolute Gasteiger partial charge is 0.248 e.